The lowest BCUT2D eigenvalue weighted by molar-refractivity contribution is -0.873. The number of likely N-dealkylation sites (N-methyl/N-ethyl adjacent to an activating group) is 1. The molecule has 0 amide bonds. The Morgan fingerprint density at radius 1 is 1.00 bits per heavy atom. The van der Waals surface area contributed by atoms with Gasteiger partial charge in [0.15, 0.2) is 0 Å². The van der Waals surface area contributed by atoms with Gasteiger partial charge in [-0.1, -0.05) is 0 Å². The molecular formula is C11H23N2O7+. The van der Waals surface area contributed by atoms with Gasteiger partial charge in [0.05, 0.1) is 34.0 Å². The number of carboxylic acids is 3. The Hall–Kier alpha value is -1.71. The average molecular weight is 295 g/mol. The number of aliphatic carboxylic acids is 3. The molecule has 9 nitrogen and oxygen atoms in total. The summed E-state index contributed by atoms with van der Waals surface area (Å²) < 4.78 is 0.578. The lowest BCUT2D eigenvalue weighted by Crippen LogP contribution is -2.42. The summed E-state index contributed by atoms with van der Waals surface area (Å²) in [5.74, 6) is -3.45. The van der Waals surface area contributed by atoms with E-state index in [0.29, 0.717) is 11.0 Å². The molecular weight excluding hydrogens is 272 g/mol. The minimum Gasteiger partial charge on any atom is -0.481 e. The molecule has 2 atom stereocenters. The van der Waals surface area contributed by atoms with Crippen LogP contribution in [0.5, 0.6) is 0 Å². The zero-order chi connectivity index (χ0) is 16.5. The first-order chi connectivity index (χ1) is 8.85. The van der Waals surface area contributed by atoms with Crippen molar-refractivity contribution < 1.29 is 39.3 Å². The topological polar surface area (TPSA) is 158 Å². The molecule has 0 fully saturated rings. The van der Waals surface area contributed by atoms with Crippen molar-refractivity contribution in [1.82, 2.24) is 0 Å². The zero-order valence-corrected chi connectivity index (χ0v) is 11.8. The van der Waals surface area contributed by atoms with Crippen molar-refractivity contribution in [2.75, 3.05) is 27.7 Å². The lowest BCUT2D eigenvalue weighted by atomic mass is 10.2. The molecule has 0 saturated heterocycles. The minimum absolute atomic E-state index is 0.171. The van der Waals surface area contributed by atoms with E-state index in [-0.39, 0.29) is 6.42 Å². The van der Waals surface area contributed by atoms with Gasteiger partial charge in [-0.05, 0) is 0 Å². The molecule has 9 heteroatoms. The van der Waals surface area contributed by atoms with E-state index in [4.69, 9.17) is 26.2 Å². The third-order valence-corrected chi connectivity index (χ3v) is 1.88. The van der Waals surface area contributed by atoms with Crippen molar-refractivity contribution in [2.45, 2.75) is 25.0 Å². The van der Waals surface area contributed by atoms with Gasteiger partial charge in [-0.25, -0.2) is 0 Å². The molecule has 0 aliphatic heterocycles. The van der Waals surface area contributed by atoms with Gasteiger partial charge in [0.2, 0.25) is 0 Å². The third-order valence-electron chi connectivity index (χ3n) is 1.88. The molecule has 118 valence electrons. The van der Waals surface area contributed by atoms with Gasteiger partial charge in [0, 0.05) is 0 Å². The van der Waals surface area contributed by atoms with Gasteiger partial charge < -0.3 is 30.6 Å². The fourth-order valence-corrected chi connectivity index (χ4v) is 1.17. The van der Waals surface area contributed by atoms with E-state index in [1.165, 1.54) is 0 Å². The van der Waals surface area contributed by atoms with E-state index in [1.54, 1.807) is 0 Å². The number of aliphatic hydroxyl groups excluding tert-OH is 1. The summed E-state index contributed by atoms with van der Waals surface area (Å²) in [4.78, 5) is 29.7. The number of nitrogens with zero attached hydrogens (tertiary/aromatic N) is 1. The van der Waals surface area contributed by atoms with E-state index in [0.717, 1.165) is 0 Å². The Balaban J connectivity index is 0. The van der Waals surface area contributed by atoms with Gasteiger partial charge in [0.25, 0.3) is 0 Å². The molecule has 0 radical (unpaired) electrons. The molecule has 0 rings (SSSR count). The van der Waals surface area contributed by atoms with E-state index in [9.17, 15) is 14.4 Å². The van der Waals surface area contributed by atoms with Gasteiger partial charge in [-0.15, -0.1) is 0 Å². The highest BCUT2D eigenvalue weighted by Crippen LogP contribution is 1.98. The second kappa shape index (κ2) is 9.23. The van der Waals surface area contributed by atoms with Crippen molar-refractivity contribution in [3.05, 3.63) is 0 Å². The Morgan fingerprint density at radius 3 is 1.60 bits per heavy atom. The van der Waals surface area contributed by atoms with E-state index >= 15 is 0 Å². The number of hydrogen-bond acceptors (Lipinski definition) is 5. The molecule has 20 heavy (non-hydrogen) atoms. The first kappa shape index (κ1) is 20.6. The molecule has 0 saturated carbocycles. The quantitative estimate of drug-likeness (QED) is 0.351. The van der Waals surface area contributed by atoms with Gasteiger partial charge in [-0.2, -0.15) is 0 Å². The normalized spacial score (nSPS) is 13.7. The summed E-state index contributed by atoms with van der Waals surface area (Å²) in [6.45, 7) is 0.465. The lowest BCUT2D eigenvalue weighted by Gasteiger charge is -2.25. The minimum atomic E-state index is -1.29. The highest BCUT2D eigenvalue weighted by molar-refractivity contribution is 5.80. The van der Waals surface area contributed by atoms with E-state index in [2.05, 4.69) is 0 Å². The van der Waals surface area contributed by atoms with Crippen LogP contribution in [0.15, 0.2) is 0 Å². The van der Waals surface area contributed by atoms with Crippen LogP contribution in [0, 0.1) is 0 Å². The molecule has 0 aromatic rings. The zero-order valence-electron chi connectivity index (χ0n) is 11.8. The Labute approximate surface area is 116 Å². The van der Waals surface area contributed by atoms with Crippen molar-refractivity contribution >= 4 is 17.9 Å². The van der Waals surface area contributed by atoms with Crippen LogP contribution in [0.4, 0.5) is 0 Å². The molecule has 6 N–H and O–H groups in total. The monoisotopic (exact) mass is 295 g/mol. The maximum absolute atomic E-state index is 10.1. The predicted octanol–water partition coefficient (Wildman–Crippen LogP) is -1.60. The van der Waals surface area contributed by atoms with Crippen LogP contribution in [-0.4, -0.2) is 82.7 Å². The fraction of sp³-hybridized carbons (Fsp3) is 0.727. The van der Waals surface area contributed by atoms with Gasteiger partial charge in [0.1, 0.15) is 18.7 Å². The number of rotatable bonds is 7. The molecule has 0 heterocycles. The first-order valence-corrected chi connectivity index (χ1v) is 5.75. The summed E-state index contributed by atoms with van der Waals surface area (Å²) in [7, 11) is 5.72. The van der Waals surface area contributed by atoms with Crippen LogP contribution in [0.3, 0.4) is 0 Å². The first-order valence-electron chi connectivity index (χ1n) is 5.75. The standard InChI is InChI=1S/C7H15NO3.C4H7NO4/c1-8(2,3)5-6(9)4-7(10)11;5-2(4(8)9)1-3(6)7/h6,9H,4-5H2,1-3H3;2H,1,5H2,(H,6,7)(H,8,9)/p+1/t;2-/m.0/s1. The molecule has 1 unspecified atom stereocenters. The summed E-state index contributed by atoms with van der Waals surface area (Å²) in [6.07, 6.45) is -1.45. The van der Waals surface area contributed by atoms with Crippen LogP contribution in [-0.2, 0) is 14.4 Å². The highest BCUT2D eigenvalue weighted by atomic mass is 16.4. The molecule has 0 aliphatic rings. The Bertz CT molecular complexity index is 338. The van der Waals surface area contributed by atoms with Gasteiger partial charge >= 0.3 is 17.9 Å². The summed E-state index contributed by atoms with van der Waals surface area (Å²) >= 11 is 0. The van der Waals surface area contributed by atoms with Crippen LogP contribution < -0.4 is 5.73 Å². The number of carboxylic acid groups (broad SMARTS) is 3. The summed E-state index contributed by atoms with van der Waals surface area (Å²) in [5.41, 5.74) is 4.84. The van der Waals surface area contributed by atoms with Gasteiger partial charge in [-0.3, -0.25) is 14.4 Å². The van der Waals surface area contributed by atoms with E-state index in [1.807, 2.05) is 21.1 Å². The van der Waals surface area contributed by atoms with Crippen LogP contribution in [0.25, 0.3) is 0 Å². The van der Waals surface area contributed by atoms with Crippen molar-refractivity contribution in [2.24, 2.45) is 5.73 Å². The molecule has 0 spiro atoms. The molecule has 0 aromatic heterocycles. The summed E-state index contributed by atoms with van der Waals surface area (Å²) in [5, 5.41) is 33.5. The van der Waals surface area contributed by atoms with Crippen LogP contribution >= 0.6 is 0 Å². The van der Waals surface area contributed by atoms with Crippen molar-refractivity contribution in [1.29, 1.82) is 0 Å². The largest absolute Gasteiger partial charge is 0.481 e. The fourth-order valence-electron chi connectivity index (χ4n) is 1.17. The molecule has 0 aromatic carbocycles. The maximum atomic E-state index is 10.1. The maximum Gasteiger partial charge on any atom is 0.321 e. The van der Waals surface area contributed by atoms with Crippen LogP contribution in [0.1, 0.15) is 12.8 Å². The number of hydrogen-bond donors (Lipinski definition) is 5. The number of nitrogens with two attached hydrogens (primary N) is 1. The predicted molar refractivity (Wildman–Crippen MR) is 69.0 cm³/mol. The SMILES string of the molecule is C[N+](C)(C)CC(O)CC(=O)O.N[C@@H](CC(=O)O)C(=O)O. The highest BCUT2D eigenvalue weighted by Gasteiger charge is 2.17. The second-order valence-electron chi connectivity index (χ2n) is 5.27. The van der Waals surface area contributed by atoms with Crippen LogP contribution in [0.2, 0.25) is 0 Å². The second-order valence-corrected chi connectivity index (χ2v) is 5.27. The smallest absolute Gasteiger partial charge is 0.321 e. The Kier molecular flexibility index (Phi) is 9.51. The summed E-state index contributed by atoms with van der Waals surface area (Å²) in [6, 6.07) is -1.29. The average Bonchev–Trinajstić information content (AvgIpc) is 2.12. The third kappa shape index (κ3) is 16.3. The number of aliphatic hydroxyl groups is 1. The van der Waals surface area contributed by atoms with Crippen molar-refractivity contribution in [3.63, 3.8) is 0 Å². The van der Waals surface area contributed by atoms with Crippen molar-refractivity contribution in [3.8, 4) is 0 Å². The molecule has 0 aliphatic carbocycles. The molecule has 0 bridgehead atoms. The number of quaternary nitrogens is 1. The Morgan fingerprint density at radius 2 is 1.40 bits per heavy atom. The van der Waals surface area contributed by atoms with E-state index < -0.39 is 36.5 Å². The number of carbonyl (C=O) groups is 3.